The fraction of sp³-hybridized carbons (Fsp3) is 0.348. The highest BCUT2D eigenvalue weighted by Crippen LogP contribution is 2.41. The number of hydrogen-bond acceptors (Lipinski definition) is 5. The predicted molar refractivity (Wildman–Crippen MR) is 121 cm³/mol. The first-order valence-electron chi connectivity index (χ1n) is 10.3. The number of thiazole rings is 1. The van der Waals surface area contributed by atoms with Crippen LogP contribution in [0.15, 0.2) is 59.7 Å². The van der Waals surface area contributed by atoms with Crippen LogP contribution in [0.4, 0.5) is 5.13 Å². The van der Waals surface area contributed by atoms with Gasteiger partial charge in [0.15, 0.2) is 0 Å². The smallest absolute Gasteiger partial charge is 0.209 e. The summed E-state index contributed by atoms with van der Waals surface area (Å²) in [6.45, 7) is 0. The van der Waals surface area contributed by atoms with Crippen LogP contribution in [0.3, 0.4) is 0 Å². The van der Waals surface area contributed by atoms with Crippen LogP contribution in [0.5, 0.6) is 0 Å². The molecule has 2 aromatic heterocycles. The lowest BCUT2D eigenvalue weighted by atomic mass is 9.85. The van der Waals surface area contributed by atoms with Crippen molar-refractivity contribution in [1.29, 1.82) is 0 Å². The van der Waals surface area contributed by atoms with Crippen LogP contribution < -0.4 is 0 Å². The van der Waals surface area contributed by atoms with E-state index in [0.29, 0.717) is 11.1 Å². The maximum Gasteiger partial charge on any atom is 0.209 e. The van der Waals surface area contributed by atoms with E-state index in [-0.39, 0.29) is 6.04 Å². The Labute approximate surface area is 185 Å². The number of hydrogen-bond donors (Lipinski definition) is 0. The Morgan fingerprint density at radius 1 is 1.20 bits per heavy atom. The van der Waals surface area contributed by atoms with Gasteiger partial charge in [0.05, 0.1) is 25.2 Å². The van der Waals surface area contributed by atoms with E-state index in [1.807, 2.05) is 16.8 Å². The summed E-state index contributed by atoms with van der Waals surface area (Å²) >= 11 is 7.72. The number of allylic oxidation sites excluding steroid dienone is 2. The minimum Gasteiger partial charge on any atom is -0.499 e. The van der Waals surface area contributed by atoms with Gasteiger partial charge in [0, 0.05) is 22.7 Å². The summed E-state index contributed by atoms with van der Waals surface area (Å²) in [5.74, 6) is 1.25. The molecular formula is C23H23ClN4OS. The Bertz CT molecular complexity index is 1100. The maximum absolute atomic E-state index is 5.99. The summed E-state index contributed by atoms with van der Waals surface area (Å²) in [5.41, 5.74) is 3.58. The van der Waals surface area contributed by atoms with Crippen molar-refractivity contribution < 1.29 is 4.74 Å². The molecule has 0 amide bonds. The third-order valence-corrected chi connectivity index (χ3v) is 7.08. The highest BCUT2D eigenvalue weighted by atomic mass is 35.5. The Hall–Kier alpha value is -2.44. The van der Waals surface area contributed by atoms with Gasteiger partial charge in [-0.2, -0.15) is 0 Å². The fourth-order valence-corrected chi connectivity index (χ4v) is 5.63. The highest BCUT2D eigenvalue weighted by molar-refractivity contribution is 7.15. The lowest BCUT2D eigenvalue weighted by Gasteiger charge is -2.24. The molecular weight excluding hydrogens is 416 g/mol. The van der Waals surface area contributed by atoms with Gasteiger partial charge in [0.25, 0.3) is 0 Å². The zero-order valence-corrected chi connectivity index (χ0v) is 18.4. The van der Waals surface area contributed by atoms with Crippen molar-refractivity contribution in [2.24, 2.45) is 4.99 Å². The molecule has 2 aliphatic rings. The molecule has 0 aliphatic heterocycles. The van der Waals surface area contributed by atoms with Crippen molar-refractivity contribution in [3.05, 3.63) is 76.0 Å². The maximum atomic E-state index is 5.99. The molecule has 0 bridgehead atoms. The number of aromatic nitrogens is 3. The average Bonchev–Trinajstić information content (AvgIpc) is 3.39. The zero-order valence-electron chi connectivity index (χ0n) is 16.8. The Morgan fingerprint density at radius 2 is 2.07 bits per heavy atom. The lowest BCUT2D eigenvalue weighted by molar-refractivity contribution is 0.234. The van der Waals surface area contributed by atoms with Crippen LogP contribution in [0, 0.1) is 0 Å². The van der Waals surface area contributed by atoms with Gasteiger partial charge in [-0.1, -0.05) is 53.3 Å². The highest BCUT2D eigenvalue weighted by Gasteiger charge is 2.27. The second-order valence-corrected chi connectivity index (χ2v) is 9.16. The quantitative estimate of drug-likeness (QED) is 0.494. The molecule has 0 radical (unpaired) electrons. The van der Waals surface area contributed by atoms with Gasteiger partial charge < -0.3 is 9.30 Å². The van der Waals surface area contributed by atoms with Crippen molar-refractivity contribution >= 4 is 33.8 Å². The van der Waals surface area contributed by atoms with Gasteiger partial charge in [0.1, 0.15) is 10.9 Å². The minimum absolute atomic E-state index is 0.0981. The van der Waals surface area contributed by atoms with Gasteiger partial charge >= 0.3 is 0 Å². The fourth-order valence-electron chi connectivity index (χ4n) is 4.41. The molecule has 2 heterocycles. The first-order valence-corrected chi connectivity index (χ1v) is 11.5. The normalized spacial score (nSPS) is 22.6. The van der Waals surface area contributed by atoms with Crippen LogP contribution in [0.2, 0.25) is 5.15 Å². The molecule has 2 atom stereocenters. The number of aryl methyl sites for hydroxylation is 1. The molecule has 3 aromatic rings. The van der Waals surface area contributed by atoms with Crippen LogP contribution >= 0.6 is 22.9 Å². The predicted octanol–water partition coefficient (Wildman–Crippen LogP) is 6.10. The van der Waals surface area contributed by atoms with Crippen LogP contribution in [-0.2, 0) is 11.2 Å². The van der Waals surface area contributed by atoms with Crippen LogP contribution in [0.25, 0.3) is 0 Å². The van der Waals surface area contributed by atoms with E-state index in [1.54, 1.807) is 24.8 Å². The zero-order chi connectivity index (χ0) is 20.5. The lowest BCUT2D eigenvalue weighted by Crippen LogP contribution is -2.18. The minimum atomic E-state index is 0.0981. The summed E-state index contributed by atoms with van der Waals surface area (Å²) in [4.78, 5) is 15.4. The summed E-state index contributed by atoms with van der Waals surface area (Å²) in [7, 11) is 1.70. The number of halogens is 1. The number of fused-ring (bicyclic) bond motifs is 1. The third kappa shape index (κ3) is 3.82. The molecule has 1 aromatic carbocycles. The topological polar surface area (TPSA) is 52.3 Å². The SMILES string of the molecule is COC1=CC(=Nc2nc3c(s2)CCCC3c2ccccc2)CCC1n1cnc(Cl)c1. The monoisotopic (exact) mass is 438 g/mol. The van der Waals surface area contributed by atoms with Gasteiger partial charge in [-0.3, -0.25) is 0 Å². The van der Waals surface area contributed by atoms with E-state index >= 15 is 0 Å². The third-order valence-electron chi connectivity index (χ3n) is 5.86. The van der Waals surface area contributed by atoms with Gasteiger partial charge in [-0.15, -0.1) is 0 Å². The molecule has 0 N–H and O–H groups in total. The van der Waals surface area contributed by atoms with E-state index < -0.39 is 0 Å². The number of methoxy groups -OCH3 is 1. The van der Waals surface area contributed by atoms with Crippen molar-refractivity contribution in [1.82, 2.24) is 14.5 Å². The molecule has 154 valence electrons. The molecule has 0 saturated heterocycles. The summed E-state index contributed by atoms with van der Waals surface area (Å²) in [5, 5.41) is 1.35. The second kappa shape index (κ2) is 8.36. The van der Waals surface area contributed by atoms with Gasteiger partial charge in [-0.25, -0.2) is 15.0 Å². The number of ether oxygens (including phenoxy) is 1. The molecule has 2 aliphatic carbocycles. The number of rotatable bonds is 4. The van der Waals surface area contributed by atoms with E-state index in [9.17, 15) is 0 Å². The number of benzene rings is 1. The summed E-state index contributed by atoms with van der Waals surface area (Å²) in [6, 6.07) is 10.8. The Balaban J connectivity index is 1.43. The molecule has 2 unspecified atom stereocenters. The molecule has 0 spiro atoms. The molecule has 0 saturated carbocycles. The summed E-state index contributed by atoms with van der Waals surface area (Å²) in [6.07, 6.45) is 10.8. The summed E-state index contributed by atoms with van der Waals surface area (Å²) < 4.78 is 7.66. The number of imidazole rings is 1. The van der Waals surface area contributed by atoms with E-state index in [2.05, 4.69) is 35.3 Å². The van der Waals surface area contributed by atoms with Gasteiger partial charge in [-0.05, 0) is 43.7 Å². The molecule has 5 rings (SSSR count). The van der Waals surface area contributed by atoms with Gasteiger partial charge in [0.2, 0.25) is 5.13 Å². The molecule has 0 fully saturated rings. The molecule has 7 heteroatoms. The molecule has 5 nitrogen and oxygen atoms in total. The van der Waals surface area contributed by atoms with Crippen molar-refractivity contribution in [2.45, 2.75) is 44.1 Å². The van der Waals surface area contributed by atoms with E-state index in [4.69, 9.17) is 26.3 Å². The second-order valence-electron chi connectivity index (χ2n) is 7.71. The standard InChI is InChI=1S/C23H23ClN4OS/c1-29-19-12-16(10-11-18(19)28-13-21(24)25-14-28)26-23-27-22-17(8-5-9-20(22)30-23)15-6-3-2-4-7-15/h2-4,6-7,12-14,17-18H,5,8-11H2,1H3. The van der Waals surface area contributed by atoms with E-state index in [1.165, 1.54) is 22.6 Å². The average molecular weight is 439 g/mol. The van der Waals surface area contributed by atoms with Crippen LogP contribution in [0.1, 0.15) is 53.8 Å². The van der Waals surface area contributed by atoms with Crippen molar-refractivity contribution in [3.63, 3.8) is 0 Å². The molecule has 30 heavy (non-hydrogen) atoms. The Morgan fingerprint density at radius 3 is 2.83 bits per heavy atom. The van der Waals surface area contributed by atoms with Crippen LogP contribution in [-0.4, -0.2) is 27.4 Å². The largest absolute Gasteiger partial charge is 0.499 e. The first-order chi connectivity index (χ1) is 14.7. The first kappa shape index (κ1) is 19.5. The Kier molecular flexibility index (Phi) is 5.44. The van der Waals surface area contributed by atoms with E-state index in [0.717, 1.165) is 42.3 Å². The van der Waals surface area contributed by atoms with Crippen molar-refractivity contribution in [2.75, 3.05) is 7.11 Å². The van der Waals surface area contributed by atoms with Crippen molar-refractivity contribution in [3.8, 4) is 0 Å². The number of aliphatic imine (C=N–C) groups is 1. The number of nitrogens with zero attached hydrogens (tertiary/aromatic N) is 4.